The number of ether oxygens (including phenoxy) is 2. The van der Waals surface area contributed by atoms with Crippen molar-refractivity contribution in [3.63, 3.8) is 0 Å². The molecule has 1 amide bonds. The number of hydrogen-bond acceptors (Lipinski definition) is 6. The molecule has 0 radical (unpaired) electrons. The average Bonchev–Trinajstić information content (AvgIpc) is 3.35. The Morgan fingerprint density at radius 2 is 2.11 bits per heavy atom. The Morgan fingerprint density at radius 3 is 2.89 bits per heavy atom. The lowest BCUT2D eigenvalue weighted by Gasteiger charge is -2.36. The van der Waals surface area contributed by atoms with Crippen molar-refractivity contribution in [2.75, 3.05) is 32.6 Å². The zero-order valence-corrected chi connectivity index (χ0v) is 17.8. The van der Waals surface area contributed by atoms with E-state index in [1.54, 1.807) is 14.2 Å². The zero-order valence-electron chi connectivity index (χ0n) is 16.1. The Hall–Kier alpha value is -1.83. The number of fused-ring (bicyclic) bond motifs is 1. The first-order valence-electron chi connectivity index (χ1n) is 9.36. The summed E-state index contributed by atoms with van der Waals surface area (Å²) in [5.41, 5.74) is 1.48. The van der Waals surface area contributed by atoms with E-state index in [9.17, 15) is 4.79 Å². The lowest BCUT2D eigenvalue weighted by atomic mass is 9.68. The van der Waals surface area contributed by atoms with Crippen molar-refractivity contribution in [3.8, 4) is 22.8 Å². The maximum absolute atomic E-state index is 13.1. The Kier molecular flexibility index (Phi) is 6.47. The molecule has 1 saturated carbocycles. The molecule has 2 atom stereocenters. The number of halogens is 1. The maximum atomic E-state index is 13.1. The average molecular weight is 424 g/mol. The molecule has 2 aromatic rings. The van der Waals surface area contributed by atoms with Gasteiger partial charge in [0.25, 0.3) is 0 Å². The molecule has 1 aromatic heterocycles. The number of aromatic nitrogens is 1. The first-order chi connectivity index (χ1) is 13.2. The molecule has 1 aliphatic heterocycles. The van der Waals surface area contributed by atoms with Crippen LogP contribution in [0.1, 0.15) is 25.7 Å². The summed E-state index contributed by atoms with van der Waals surface area (Å²) >= 11 is 1.46. The highest BCUT2D eigenvalue weighted by molar-refractivity contribution is 7.14. The number of anilines is 1. The molecular formula is C20H26ClN3O3S. The molecule has 0 spiro atoms. The molecule has 1 aromatic carbocycles. The van der Waals surface area contributed by atoms with E-state index in [-0.39, 0.29) is 23.7 Å². The Bertz CT molecular complexity index is 844. The molecule has 8 heteroatoms. The number of methoxy groups -OCH3 is 2. The van der Waals surface area contributed by atoms with Gasteiger partial charge >= 0.3 is 0 Å². The summed E-state index contributed by atoms with van der Waals surface area (Å²) in [5.74, 6) is 1.90. The van der Waals surface area contributed by atoms with Crippen LogP contribution in [0.25, 0.3) is 11.3 Å². The van der Waals surface area contributed by atoms with Gasteiger partial charge in [0.15, 0.2) is 16.6 Å². The highest BCUT2D eigenvalue weighted by atomic mass is 35.5. The largest absolute Gasteiger partial charge is 0.493 e. The molecule has 0 unspecified atom stereocenters. The van der Waals surface area contributed by atoms with E-state index >= 15 is 0 Å². The topological polar surface area (TPSA) is 72.5 Å². The van der Waals surface area contributed by atoms with Gasteiger partial charge in [-0.15, -0.1) is 23.7 Å². The molecule has 4 rings (SSSR count). The molecule has 1 saturated heterocycles. The molecule has 2 aliphatic rings. The lowest BCUT2D eigenvalue weighted by molar-refractivity contribution is -0.128. The third-order valence-electron chi connectivity index (χ3n) is 5.89. The molecule has 6 nitrogen and oxygen atoms in total. The minimum absolute atomic E-state index is 0. The standard InChI is InChI=1S/C20H25N3O3S.ClH/c1-25-16-7-6-13(9-17(16)26-2)15-11-27-19(22-15)23-18(24)20-8-4-3-5-14(20)10-21-12-20;/h6-7,9,11,14,21H,3-5,8,10,12H2,1-2H3,(H,22,23,24);1H/t14-,20+;/m0./s1. The van der Waals surface area contributed by atoms with E-state index in [4.69, 9.17) is 9.47 Å². The Labute approximate surface area is 175 Å². The summed E-state index contributed by atoms with van der Waals surface area (Å²) in [6.07, 6.45) is 4.45. The predicted molar refractivity (Wildman–Crippen MR) is 114 cm³/mol. The number of carbonyl (C=O) groups excluding carboxylic acids is 1. The fourth-order valence-corrected chi connectivity index (χ4v) is 5.09. The smallest absolute Gasteiger partial charge is 0.233 e. The normalized spacial score (nSPS) is 23.4. The number of benzene rings is 1. The van der Waals surface area contributed by atoms with E-state index < -0.39 is 0 Å². The second kappa shape index (κ2) is 8.68. The van der Waals surface area contributed by atoms with Gasteiger partial charge in [0.05, 0.1) is 25.3 Å². The SMILES string of the molecule is COc1ccc(-c2csc(NC(=O)[C@@]34CCCC[C@H]3CNC4)n2)cc1OC.Cl. The van der Waals surface area contributed by atoms with Crippen molar-refractivity contribution < 1.29 is 14.3 Å². The third-order valence-corrected chi connectivity index (χ3v) is 6.65. The molecule has 2 N–H and O–H groups in total. The van der Waals surface area contributed by atoms with Crippen LogP contribution in [0.4, 0.5) is 5.13 Å². The molecule has 28 heavy (non-hydrogen) atoms. The van der Waals surface area contributed by atoms with E-state index in [1.165, 1.54) is 17.8 Å². The van der Waals surface area contributed by atoms with Crippen LogP contribution in [0.15, 0.2) is 23.6 Å². The summed E-state index contributed by atoms with van der Waals surface area (Å²) in [7, 11) is 3.23. The van der Waals surface area contributed by atoms with E-state index in [1.807, 2.05) is 23.6 Å². The van der Waals surface area contributed by atoms with E-state index in [2.05, 4.69) is 15.6 Å². The maximum Gasteiger partial charge on any atom is 0.233 e. The molecule has 2 fully saturated rings. The predicted octanol–water partition coefficient (Wildman–Crippen LogP) is 3.97. The first kappa shape index (κ1) is 20.9. The fourth-order valence-electron chi connectivity index (χ4n) is 4.37. The number of amides is 1. The zero-order chi connectivity index (χ0) is 18.9. The van der Waals surface area contributed by atoms with Crippen LogP contribution in [0.5, 0.6) is 11.5 Å². The minimum atomic E-state index is -0.270. The van der Waals surface area contributed by atoms with E-state index in [0.29, 0.717) is 22.5 Å². The number of carbonyl (C=O) groups is 1. The van der Waals surface area contributed by atoms with E-state index in [0.717, 1.165) is 43.6 Å². The summed E-state index contributed by atoms with van der Waals surface area (Å²) in [5, 5.41) is 9.12. The van der Waals surface area contributed by atoms with Crippen molar-refractivity contribution in [2.45, 2.75) is 25.7 Å². The van der Waals surface area contributed by atoms with Gasteiger partial charge in [-0.2, -0.15) is 0 Å². The van der Waals surface area contributed by atoms with Crippen LogP contribution in [0.3, 0.4) is 0 Å². The monoisotopic (exact) mass is 423 g/mol. The quantitative estimate of drug-likeness (QED) is 0.761. The van der Waals surface area contributed by atoms with Crippen molar-refractivity contribution in [2.24, 2.45) is 11.3 Å². The van der Waals surface area contributed by atoms with Crippen LogP contribution in [-0.4, -0.2) is 38.2 Å². The first-order valence-corrected chi connectivity index (χ1v) is 10.2. The van der Waals surface area contributed by atoms with Crippen molar-refractivity contribution in [1.29, 1.82) is 0 Å². The number of rotatable bonds is 5. The van der Waals surface area contributed by atoms with Crippen molar-refractivity contribution in [1.82, 2.24) is 10.3 Å². The highest BCUT2D eigenvalue weighted by Gasteiger charge is 2.49. The van der Waals surface area contributed by atoms with Crippen molar-refractivity contribution in [3.05, 3.63) is 23.6 Å². The van der Waals surface area contributed by atoms with Gasteiger partial charge in [0, 0.05) is 17.5 Å². The third kappa shape index (κ3) is 3.71. The van der Waals surface area contributed by atoms with Crippen LogP contribution in [0.2, 0.25) is 0 Å². The van der Waals surface area contributed by atoms with Gasteiger partial charge in [0.1, 0.15) is 0 Å². The van der Waals surface area contributed by atoms with Crippen molar-refractivity contribution >= 4 is 34.8 Å². The number of thiazole rings is 1. The summed E-state index contributed by atoms with van der Waals surface area (Å²) in [6, 6.07) is 5.70. The van der Waals surface area contributed by atoms with Gasteiger partial charge < -0.3 is 20.1 Å². The molecule has 152 valence electrons. The number of nitrogens with zero attached hydrogens (tertiary/aromatic N) is 1. The summed E-state index contributed by atoms with van der Waals surface area (Å²) in [4.78, 5) is 17.7. The van der Waals surface area contributed by atoms with Gasteiger partial charge in [-0.3, -0.25) is 4.79 Å². The molecule has 1 aliphatic carbocycles. The second-order valence-electron chi connectivity index (χ2n) is 7.29. The molecule has 2 heterocycles. The van der Waals surface area contributed by atoms with Crippen LogP contribution >= 0.6 is 23.7 Å². The number of hydrogen-bond donors (Lipinski definition) is 2. The Balaban J connectivity index is 0.00000225. The number of nitrogens with one attached hydrogen (secondary N) is 2. The van der Waals surface area contributed by atoms with Gasteiger partial charge in [-0.05, 0) is 43.5 Å². The van der Waals surface area contributed by atoms with Gasteiger partial charge in [-0.1, -0.05) is 12.8 Å². The highest BCUT2D eigenvalue weighted by Crippen LogP contribution is 2.44. The minimum Gasteiger partial charge on any atom is -0.493 e. The molecular weight excluding hydrogens is 398 g/mol. The summed E-state index contributed by atoms with van der Waals surface area (Å²) in [6.45, 7) is 1.72. The van der Waals surface area contributed by atoms with Crippen LogP contribution in [-0.2, 0) is 4.79 Å². The fraction of sp³-hybridized carbons (Fsp3) is 0.500. The van der Waals surface area contributed by atoms with Crippen LogP contribution in [0, 0.1) is 11.3 Å². The Morgan fingerprint density at radius 1 is 1.29 bits per heavy atom. The van der Waals surface area contributed by atoms with Gasteiger partial charge in [-0.25, -0.2) is 4.98 Å². The lowest BCUT2D eigenvalue weighted by Crippen LogP contribution is -2.44. The van der Waals surface area contributed by atoms with Gasteiger partial charge in [0.2, 0.25) is 5.91 Å². The summed E-state index contributed by atoms with van der Waals surface area (Å²) < 4.78 is 10.7. The second-order valence-corrected chi connectivity index (χ2v) is 8.15. The molecule has 0 bridgehead atoms. The van der Waals surface area contributed by atoms with Crippen LogP contribution < -0.4 is 20.1 Å².